The first-order valence-corrected chi connectivity index (χ1v) is 12.2. The molecule has 3 aliphatic carbocycles. The maximum absolute atomic E-state index is 6.59. The van der Waals surface area contributed by atoms with Crippen molar-refractivity contribution in [1.29, 1.82) is 0 Å². The van der Waals surface area contributed by atoms with E-state index < -0.39 is 0 Å². The maximum atomic E-state index is 6.59. The summed E-state index contributed by atoms with van der Waals surface area (Å²) in [5.74, 6) is 2.70. The van der Waals surface area contributed by atoms with E-state index in [1.807, 2.05) is 0 Å². The quantitative estimate of drug-likeness (QED) is 0.393. The van der Waals surface area contributed by atoms with Crippen molar-refractivity contribution in [2.45, 2.75) is 101 Å². The number of ether oxygens (including phenoxy) is 1. The Hall–Kier alpha value is -0.470. The SMILES string of the molecule is SC(CC(C1CCCCC1)C1CCCCC1)OC1CCCc2ccccc21. The molecule has 1 aromatic carbocycles. The van der Waals surface area contributed by atoms with E-state index in [0.29, 0.717) is 0 Å². The molecule has 0 saturated heterocycles. The highest BCUT2D eigenvalue weighted by Crippen LogP contribution is 2.44. The summed E-state index contributed by atoms with van der Waals surface area (Å²) in [5, 5.41) is 0. The molecular formula is C25H38OS. The van der Waals surface area contributed by atoms with E-state index in [0.717, 1.165) is 30.6 Å². The van der Waals surface area contributed by atoms with Crippen LogP contribution in [-0.2, 0) is 11.2 Å². The maximum Gasteiger partial charge on any atom is 0.101 e. The molecule has 3 aliphatic rings. The third-order valence-corrected chi connectivity index (χ3v) is 7.95. The molecule has 0 N–H and O–H groups in total. The van der Waals surface area contributed by atoms with Crippen LogP contribution in [0.15, 0.2) is 24.3 Å². The second-order valence-electron chi connectivity index (χ2n) is 9.37. The van der Waals surface area contributed by atoms with Crippen molar-refractivity contribution in [2.75, 3.05) is 0 Å². The molecule has 1 nitrogen and oxygen atoms in total. The number of fused-ring (bicyclic) bond motifs is 1. The molecule has 0 spiro atoms. The van der Waals surface area contributed by atoms with Gasteiger partial charge in [-0.1, -0.05) is 88.5 Å². The van der Waals surface area contributed by atoms with Gasteiger partial charge in [0.25, 0.3) is 0 Å². The molecule has 2 fully saturated rings. The molecule has 2 saturated carbocycles. The minimum Gasteiger partial charge on any atom is -0.360 e. The zero-order valence-electron chi connectivity index (χ0n) is 17.0. The molecule has 4 rings (SSSR count). The second-order valence-corrected chi connectivity index (χ2v) is 9.94. The normalized spacial score (nSPS) is 26.1. The van der Waals surface area contributed by atoms with Crippen LogP contribution in [0.3, 0.4) is 0 Å². The summed E-state index contributed by atoms with van der Waals surface area (Å²) in [6.07, 6.45) is 19.5. The van der Waals surface area contributed by atoms with Gasteiger partial charge in [-0.05, 0) is 54.6 Å². The van der Waals surface area contributed by atoms with Crippen LogP contribution in [0.25, 0.3) is 0 Å². The van der Waals surface area contributed by atoms with Crippen LogP contribution in [0.2, 0.25) is 0 Å². The molecule has 0 bridgehead atoms. The van der Waals surface area contributed by atoms with Gasteiger partial charge in [0.15, 0.2) is 0 Å². The van der Waals surface area contributed by atoms with Crippen molar-refractivity contribution in [3.63, 3.8) is 0 Å². The molecular weight excluding hydrogens is 348 g/mol. The Balaban J connectivity index is 1.41. The minimum atomic E-state index is 0.0926. The fourth-order valence-corrected chi connectivity index (χ4v) is 6.61. The summed E-state index contributed by atoms with van der Waals surface area (Å²) in [6, 6.07) is 8.90. The van der Waals surface area contributed by atoms with E-state index in [9.17, 15) is 0 Å². The fourth-order valence-electron chi connectivity index (χ4n) is 6.22. The number of rotatable bonds is 6. The van der Waals surface area contributed by atoms with E-state index >= 15 is 0 Å². The summed E-state index contributed by atoms with van der Waals surface area (Å²) in [7, 11) is 0. The van der Waals surface area contributed by atoms with Crippen LogP contribution in [0.4, 0.5) is 0 Å². The van der Waals surface area contributed by atoms with E-state index in [4.69, 9.17) is 17.4 Å². The van der Waals surface area contributed by atoms with Crippen molar-refractivity contribution in [2.24, 2.45) is 17.8 Å². The Bertz CT molecular complexity index is 555. The van der Waals surface area contributed by atoms with E-state index in [2.05, 4.69) is 24.3 Å². The molecule has 0 aliphatic heterocycles. The van der Waals surface area contributed by atoms with Gasteiger partial charge in [0.1, 0.15) is 5.44 Å². The first kappa shape index (κ1) is 19.8. The van der Waals surface area contributed by atoms with Crippen LogP contribution >= 0.6 is 12.6 Å². The predicted octanol–water partition coefficient (Wildman–Crippen LogP) is 7.50. The molecule has 0 amide bonds. The Morgan fingerprint density at radius 1 is 0.815 bits per heavy atom. The number of hydrogen-bond donors (Lipinski definition) is 1. The highest BCUT2D eigenvalue weighted by Gasteiger charge is 2.33. The molecule has 27 heavy (non-hydrogen) atoms. The Labute approximate surface area is 172 Å². The molecule has 2 atom stereocenters. The molecule has 0 aromatic heterocycles. The van der Waals surface area contributed by atoms with Crippen molar-refractivity contribution in [1.82, 2.24) is 0 Å². The van der Waals surface area contributed by atoms with Gasteiger partial charge in [0.05, 0.1) is 6.10 Å². The van der Waals surface area contributed by atoms with E-state index in [1.165, 1.54) is 88.2 Å². The third-order valence-electron chi connectivity index (χ3n) is 7.62. The van der Waals surface area contributed by atoms with Crippen LogP contribution in [0.1, 0.15) is 101 Å². The lowest BCUT2D eigenvalue weighted by molar-refractivity contribution is -0.00240. The van der Waals surface area contributed by atoms with Gasteiger partial charge >= 0.3 is 0 Å². The van der Waals surface area contributed by atoms with E-state index in [1.54, 1.807) is 0 Å². The van der Waals surface area contributed by atoms with Gasteiger partial charge in [0, 0.05) is 0 Å². The number of aryl methyl sites for hydroxylation is 1. The molecule has 2 unspecified atom stereocenters. The van der Waals surface area contributed by atoms with Gasteiger partial charge in [-0.3, -0.25) is 0 Å². The first-order valence-electron chi connectivity index (χ1n) is 11.7. The number of benzene rings is 1. The largest absolute Gasteiger partial charge is 0.360 e. The summed E-state index contributed by atoms with van der Waals surface area (Å²) in [5.41, 5.74) is 3.01. The topological polar surface area (TPSA) is 9.23 Å². The fraction of sp³-hybridized carbons (Fsp3) is 0.760. The monoisotopic (exact) mass is 386 g/mol. The average Bonchev–Trinajstić information content (AvgIpc) is 2.73. The first-order chi connectivity index (χ1) is 13.3. The lowest BCUT2D eigenvalue weighted by Crippen LogP contribution is -2.30. The average molecular weight is 387 g/mol. The predicted molar refractivity (Wildman–Crippen MR) is 117 cm³/mol. The van der Waals surface area contributed by atoms with Crippen LogP contribution in [0.5, 0.6) is 0 Å². The number of thiol groups is 1. The smallest absolute Gasteiger partial charge is 0.101 e. The third kappa shape index (κ3) is 5.12. The highest BCUT2D eigenvalue weighted by molar-refractivity contribution is 7.80. The van der Waals surface area contributed by atoms with Gasteiger partial charge in [0.2, 0.25) is 0 Å². The van der Waals surface area contributed by atoms with Crippen molar-refractivity contribution >= 4 is 12.6 Å². The molecule has 150 valence electrons. The van der Waals surface area contributed by atoms with Crippen molar-refractivity contribution in [3.05, 3.63) is 35.4 Å². The standard InChI is InChI=1S/C25H38OS/c27-25(26-24-17-9-15-19-14-7-8-16-22(19)24)18-23(20-10-3-1-4-11-20)21-12-5-2-6-13-21/h7-8,14,16,20-21,23-25,27H,1-6,9-13,15,17-18H2. The Morgan fingerprint density at radius 2 is 1.44 bits per heavy atom. The Morgan fingerprint density at radius 3 is 2.11 bits per heavy atom. The molecule has 1 aromatic rings. The van der Waals surface area contributed by atoms with Gasteiger partial charge < -0.3 is 4.74 Å². The summed E-state index contributed by atoms with van der Waals surface area (Å²) >= 11 is 4.99. The van der Waals surface area contributed by atoms with Crippen LogP contribution in [-0.4, -0.2) is 5.44 Å². The van der Waals surface area contributed by atoms with E-state index in [-0.39, 0.29) is 11.5 Å². The van der Waals surface area contributed by atoms with Gasteiger partial charge in [-0.25, -0.2) is 0 Å². The molecule has 0 heterocycles. The van der Waals surface area contributed by atoms with Gasteiger partial charge in [-0.15, -0.1) is 12.6 Å². The summed E-state index contributed by atoms with van der Waals surface area (Å²) in [4.78, 5) is 0. The molecule has 0 radical (unpaired) electrons. The van der Waals surface area contributed by atoms with Crippen LogP contribution < -0.4 is 0 Å². The van der Waals surface area contributed by atoms with Crippen LogP contribution in [0, 0.1) is 17.8 Å². The lowest BCUT2D eigenvalue weighted by Gasteiger charge is -2.39. The lowest BCUT2D eigenvalue weighted by atomic mass is 9.68. The van der Waals surface area contributed by atoms with Gasteiger partial charge in [-0.2, -0.15) is 0 Å². The summed E-state index contributed by atoms with van der Waals surface area (Å²) < 4.78 is 6.59. The zero-order chi connectivity index (χ0) is 18.5. The minimum absolute atomic E-state index is 0.0926. The highest BCUT2D eigenvalue weighted by atomic mass is 32.1. The molecule has 2 heteroatoms. The second kappa shape index (κ2) is 9.83. The zero-order valence-corrected chi connectivity index (χ0v) is 17.8. The Kier molecular flexibility index (Phi) is 7.22. The number of hydrogen-bond acceptors (Lipinski definition) is 2. The van der Waals surface area contributed by atoms with Crippen molar-refractivity contribution < 1.29 is 4.74 Å². The summed E-state index contributed by atoms with van der Waals surface area (Å²) in [6.45, 7) is 0. The van der Waals surface area contributed by atoms with Crippen molar-refractivity contribution in [3.8, 4) is 0 Å².